The van der Waals surface area contributed by atoms with Crippen molar-refractivity contribution in [3.05, 3.63) is 29.8 Å². The lowest BCUT2D eigenvalue weighted by Gasteiger charge is -2.48. The van der Waals surface area contributed by atoms with Crippen molar-refractivity contribution < 1.29 is 53.6 Å². The number of aliphatic hydroxyl groups is 4. The molecule has 0 bridgehead atoms. The number of halogens is 1. The highest BCUT2D eigenvalue weighted by Crippen LogP contribution is 2.36. The Labute approximate surface area is 237 Å². The third-order valence-electron chi connectivity index (χ3n) is 6.94. The van der Waals surface area contributed by atoms with E-state index in [2.05, 4.69) is 42.2 Å². The molecule has 0 amide bonds. The molecule has 3 heterocycles. The standard InChI is InChI=1S/C25H39IO11Si/c1-31-14-7-5-13(6-8-14)23-33-12-16-22(36-23)18(28)20(30)25(35-16)37-21-15(11-26)34-24(19(29)17(21)27)32-9-10-38(2,3)4/h5-8,15-25,27-30H,9-12H2,1-4H3/t15-,16-,17-,18-,19-,20-,21-,22+,23+,24-,25+/m1/s1. The molecule has 3 aliphatic rings. The molecule has 13 heteroatoms. The Morgan fingerprint density at radius 3 is 2.24 bits per heavy atom. The Balaban J connectivity index is 1.37. The molecule has 3 aliphatic heterocycles. The Morgan fingerprint density at radius 1 is 0.921 bits per heavy atom. The molecule has 11 nitrogen and oxygen atoms in total. The molecule has 0 saturated carbocycles. The summed E-state index contributed by atoms with van der Waals surface area (Å²) in [4.78, 5) is 0. The van der Waals surface area contributed by atoms with Gasteiger partial charge in [-0.25, -0.2) is 0 Å². The highest BCUT2D eigenvalue weighted by atomic mass is 127. The first-order valence-electron chi connectivity index (χ1n) is 12.8. The van der Waals surface area contributed by atoms with Crippen LogP contribution in [0.15, 0.2) is 24.3 Å². The summed E-state index contributed by atoms with van der Waals surface area (Å²) in [6, 6.07) is 8.03. The minimum atomic E-state index is -1.48. The summed E-state index contributed by atoms with van der Waals surface area (Å²) in [6.45, 7) is 7.16. The molecule has 4 rings (SSSR count). The van der Waals surface area contributed by atoms with E-state index < -0.39 is 75.8 Å². The van der Waals surface area contributed by atoms with Crippen molar-refractivity contribution in [2.45, 2.75) is 93.4 Å². The average molecular weight is 671 g/mol. The van der Waals surface area contributed by atoms with E-state index in [1.165, 1.54) is 0 Å². The molecule has 216 valence electrons. The first-order valence-corrected chi connectivity index (χ1v) is 18.0. The lowest BCUT2D eigenvalue weighted by molar-refractivity contribution is -0.383. The first kappa shape index (κ1) is 30.5. The largest absolute Gasteiger partial charge is 0.497 e. The number of methoxy groups -OCH3 is 1. The summed E-state index contributed by atoms with van der Waals surface area (Å²) in [7, 11) is 0.225. The van der Waals surface area contributed by atoms with Gasteiger partial charge in [0.05, 0.1) is 19.8 Å². The molecule has 0 radical (unpaired) electrons. The Kier molecular flexibility index (Phi) is 10.5. The van der Waals surface area contributed by atoms with Gasteiger partial charge in [-0.05, 0) is 18.2 Å². The number of fused-ring (bicyclic) bond motifs is 1. The molecule has 1 aromatic rings. The molecule has 4 N–H and O–H groups in total. The summed E-state index contributed by atoms with van der Waals surface area (Å²) in [5.41, 5.74) is 0.729. The zero-order chi connectivity index (χ0) is 27.6. The second-order valence-electron chi connectivity index (χ2n) is 11.0. The van der Waals surface area contributed by atoms with Crippen molar-refractivity contribution in [1.82, 2.24) is 0 Å². The van der Waals surface area contributed by atoms with E-state index in [4.69, 9.17) is 33.2 Å². The van der Waals surface area contributed by atoms with Crippen LogP contribution in [0.4, 0.5) is 0 Å². The number of rotatable bonds is 9. The molecule has 3 saturated heterocycles. The van der Waals surface area contributed by atoms with E-state index in [1.54, 1.807) is 31.4 Å². The van der Waals surface area contributed by atoms with Crippen LogP contribution in [-0.4, -0.2) is 115 Å². The minimum Gasteiger partial charge on any atom is -0.497 e. The van der Waals surface area contributed by atoms with Gasteiger partial charge < -0.3 is 53.6 Å². The van der Waals surface area contributed by atoms with Gasteiger partial charge in [-0.15, -0.1) is 0 Å². The van der Waals surface area contributed by atoms with Crippen molar-refractivity contribution in [1.29, 1.82) is 0 Å². The van der Waals surface area contributed by atoms with Crippen LogP contribution in [-0.2, 0) is 28.4 Å². The maximum Gasteiger partial charge on any atom is 0.187 e. The van der Waals surface area contributed by atoms with Crippen LogP contribution >= 0.6 is 22.6 Å². The van der Waals surface area contributed by atoms with Gasteiger partial charge in [0.15, 0.2) is 18.9 Å². The van der Waals surface area contributed by atoms with Crippen LogP contribution in [0.1, 0.15) is 11.9 Å². The monoisotopic (exact) mass is 670 g/mol. The van der Waals surface area contributed by atoms with Gasteiger partial charge in [-0.2, -0.15) is 0 Å². The second-order valence-corrected chi connectivity index (χ2v) is 17.5. The lowest BCUT2D eigenvalue weighted by atomic mass is 9.96. The van der Waals surface area contributed by atoms with Gasteiger partial charge in [0, 0.05) is 24.7 Å². The van der Waals surface area contributed by atoms with Crippen molar-refractivity contribution in [3.8, 4) is 5.75 Å². The van der Waals surface area contributed by atoms with Gasteiger partial charge >= 0.3 is 0 Å². The van der Waals surface area contributed by atoms with Gasteiger partial charge in [0.2, 0.25) is 0 Å². The van der Waals surface area contributed by atoms with Crippen LogP contribution < -0.4 is 4.74 Å². The molecule has 38 heavy (non-hydrogen) atoms. The summed E-state index contributed by atoms with van der Waals surface area (Å²) >= 11 is 2.10. The van der Waals surface area contributed by atoms with Gasteiger partial charge in [0.25, 0.3) is 0 Å². The summed E-state index contributed by atoms with van der Waals surface area (Å²) < 4.78 is 40.9. The number of ether oxygens (including phenoxy) is 7. The fourth-order valence-corrected chi connectivity index (χ4v) is 6.03. The third-order valence-corrected chi connectivity index (χ3v) is 9.51. The fraction of sp³-hybridized carbons (Fsp3) is 0.760. The second kappa shape index (κ2) is 13.0. The number of hydrogen-bond donors (Lipinski definition) is 4. The normalized spacial score (nSPS) is 40.0. The van der Waals surface area contributed by atoms with E-state index in [9.17, 15) is 20.4 Å². The molecular weight excluding hydrogens is 631 g/mol. The van der Waals surface area contributed by atoms with E-state index in [0.29, 0.717) is 16.8 Å². The molecular formula is C25H39IO11Si. The predicted octanol–water partition coefficient (Wildman–Crippen LogP) is 1.18. The van der Waals surface area contributed by atoms with Gasteiger partial charge in [0.1, 0.15) is 48.5 Å². The lowest BCUT2D eigenvalue weighted by Crippen LogP contribution is -2.65. The molecule has 3 fully saturated rings. The van der Waals surface area contributed by atoms with Crippen molar-refractivity contribution >= 4 is 30.7 Å². The highest BCUT2D eigenvalue weighted by Gasteiger charge is 2.53. The number of alkyl halides is 1. The smallest absolute Gasteiger partial charge is 0.187 e. The molecule has 0 spiro atoms. The number of hydrogen-bond acceptors (Lipinski definition) is 11. The van der Waals surface area contributed by atoms with Crippen LogP contribution in [0, 0.1) is 0 Å². The van der Waals surface area contributed by atoms with Crippen molar-refractivity contribution in [3.63, 3.8) is 0 Å². The average Bonchev–Trinajstić information content (AvgIpc) is 2.90. The summed E-state index contributed by atoms with van der Waals surface area (Å²) in [5.74, 6) is 0.687. The van der Waals surface area contributed by atoms with Crippen molar-refractivity contribution in [2.24, 2.45) is 0 Å². The van der Waals surface area contributed by atoms with Crippen LogP contribution in [0.3, 0.4) is 0 Å². The van der Waals surface area contributed by atoms with E-state index in [-0.39, 0.29) is 6.61 Å². The quantitative estimate of drug-likeness (QED) is 0.171. The van der Waals surface area contributed by atoms with Gasteiger partial charge in [-0.1, -0.05) is 54.4 Å². The topological polar surface area (TPSA) is 146 Å². The maximum absolute atomic E-state index is 10.9. The molecule has 0 aromatic heterocycles. The zero-order valence-corrected chi connectivity index (χ0v) is 25.2. The number of benzene rings is 1. The highest BCUT2D eigenvalue weighted by molar-refractivity contribution is 14.1. The van der Waals surface area contributed by atoms with Gasteiger partial charge in [-0.3, -0.25) is 0 Å². The number of aliphatic hydroxyl groups excluding tert-OH is 4. The Hall–Kier alpha value is -0.433. The first-order chi connectivity index (χ1) is 18.0. The van der Waals surface area contributed by atoms with Crippen LogP contribution in [0.2, 0.25) is 25.7 Å². The molecule has 0 aliphatic carbocycles. The predicted molar refractivity (Wildman–Crippen MR) is 146 cm³/mol. The zero-order valence-electron chi connectivity index (χ0n) is 22.0. The van der Waals surface area contributed by atoms with E-state index in [0.717, 1.165) is 11.6 Å². The third kappa shape index (κ3) is 7.06. The molecule has 11 atom stereocenters. The Morgan fingerprint density at radius 2 is 1.61 bits per heavy atom. The molecule has 1 aromatic carbocycles. The van der Waals surface area contributed by atoms with E-state index >= 15 is 0 Å². The van der Waals surface area contributed by atoms with Crippen LogP contribution in [0.5, 0.6) is 5.75 Å². The SMILES string of the molecule is COc1ccc([C@H]2OC[C@H]3O[C@@H](O[C@H]4[C@H](O)[C@@H](O)[C@H](OCC[Si](C)(C)C)O[C@@H]4CI)[C@H](O)[C@@H](O)[C@H]3O2)cc1. The maximum atomic E-state index is 10.9. The Bertz CT molecular complexity index is 883. The molecule has 0 unspecified atom stereocenters. The fourth-order valence-electron chi connectivity index (χ4n) is 4.59. The summed E-state index contributed by atoms with van der Waals surface area (Å²) in [6.07, 6.45) is -11.9. The van der Waals surface area contributed by atoms with Crippen LogP contribution in [0.25, 0.3) is 0 Å². The van der Waals surface area contributed by atoms with E-state index in [1.807, 2.05) is 0 Å². The minimum absolute atomic E-state index is 0.0834. The van der Waals surface area contributed by atoms with Crippen molar-refractivity contribution in [2.75, 3.05) is 24.8 Å². The summed E-state index contributed by atoms with van der Waals surface area (Å²) in [5, 5.41) is 43.3.